The van der Waals surface area contributed by atoms with E-state index in [2.05, 4.69) is 6.92 Å². The number of hydrogen-bond acceptors (Lipinski definition) is 15. The third-order valence-electron chi connectivity index (χ3n) is 8.84. The molecule has 0 aromatic rings. The second kappa shape index (κ2) is 49.5. The Balaban J connectivity index is 3.15. The minimum Gasteiger partial charge on any atom is -0.463 e. The number of hydrogen-bond donors (Lipinski definition) is 0. The molecule has 15 heteroatoms. The molecule has 61 heavy (non-hydrogen) atoms. The number of esters is 2. The summed E-state index contributed by atoms with van der Waals surface area (Å²) in [5.74, 6) is -0.523. The number of carbonyl (C=O) groups is 2. The molecule has 0 saturated carbocycles. The second-order valence-electron chi connectivity index (χ2n) is 15.7. The van der Waals surface area contributed by atoms with Crippen molar-refractivity contribution in [1.29, 1.82) is 0 Å². The summed E-state index contributed by atoms with van der Waals surface area (Å²) < 4.78 is 70.5. The normalized spacial score (nSPS) is 11.7. The van der Waals surface area contributed by atoms with E-state index in [1.165, 1.54) is 83.5 Å². The van der Waals surface area contributed by atoms with E-state index in [-0.39, 0.29) is 25.2 Å². The van der Waals surface area contributed by atoms with Gasteiger partial charge < -0.3 is 61.6 Å². The predicted molar refractivity (Wildman–Crippen MR) is 235 cm³/mol. The Labute approximate surface area is 370 Å². The highest BCUT2D eigenvalue weighted by atomic mass is 16.6. The second-order valence-corrected chi connectivity index (χ2v) is 15.7. The first-order valence-corrected chi connectivity index (χ1v) is 23.6. The molecular formula is C46H90O15. The highest BCUT2D eigenvalue weighted by Gasteiger charge is 2.16. The zero-order valence-electron chi connectivity index (χ0n) is 39.2. The zero-order valence-corrected chi connectivity index (χ0v) is 39.2. The summed E-state index contributed by atoms with van der Waals surface area (Å²) in [5.41, 5.74) is -0.515. The lowest BCUT2D eigenvalue weighted by molar-refractivity contribution is -0.160. The summed E-state index contributed by atoms with van der Waals surface area (Å²) in [6.45, 7) is 17.5. The molecule has 0 rings (SSSR count). The van der Waals surface area contributed by atoms with Gasteiger partial charge in [0.1, 0.15) is 18.8 Å². The first kappa shape index (κ1) is 59.5. The fraction of sp³-hybridized carbons (Fsp3) is 0.957. The van der Waals surface area contributed by atoms with Crippen LogP contribution >= 0.6 is 0 Å². The summed E-state index contributed by atoms with van der Waals surface area (Å²) in [5, 5.41) is 0. The van der Waals surface area contributed by atoms with E-state index in [1.807, 2.05) is 20.8 Å². The minimum absolute atomic E-state index is 0.0863. The number of rotatable bonds is 51. The van der Waals surface area contributed by atoms with Crippen LogP contribution in [0, 0.1) is 0 Å². The molecule has 0 atom stereocenters. The zero-order chi connectivity index (χ0) is 44.4. The minimum atomic E-state index is -0.515. The maximum atomic E-state index is 11.9. The Morgan fingerprint density at radius 2 is 0.557 bits per heavy atom. The van der Waals surface area contributed by atoms with Gasteiger partial charge in [-0.2, -0.15) is 0 Å². The number of carbonyl (C=O) groups excluding carboxylic acids is 2. The van der Waals surface area contributed by atoms with Gasteiger partial charge in [0.25, 0.3) is 0 Å². The van der Waals surface area contributed by atoms with Gasteiger partial charge in [-0.05, 0) is 27.2 Å². The summed E-state index contributed by atoms with van der Waals surface area (Å²) in [6.07, 6.45) is 20.2. The monoisotopic (exact) mass is 883 g/mol. The fourth-order valence-electron chi connectivity index (χ4n) is 5.65. The molecule has 0 saturated heterocycles. The molecule has 0 heterocycles. The van der Waals surface area contributed by atoms with Crippen molar-refractivity contribution in [3.8, 4) is 0 Å². The van der Waals surface area contributed by atoms with Gasteiger partial charge in [0.05, 0.1) is 139 Å². The summed E-state index contributed by atoms with van der Waals surface area (Å²) >= 11 is 0. The summed E-state index contributed by atoms with van der Waals surface area (Å²) in [6, 6.07) is 0. The average molecular weight is 883 g/mol. The molecule has 0 aliphatic carbocycles. The predicted octanol–water partition coefficient (Wildman–Crippen LogP) is 7.32. The van der Waals surface area contributed by atoms with Crippen LogP contribution in [0.1, 0.15) is 130 Å². The van der Waals surface area contributed by atoms with Crippen LogP contribution in [0.5, 0.6) is 0 Å². The lowest BCUT2D eigenvalue weighted by Crippen LogP contribution is -2.27. The fourth-order valence-corrected chi connectivity index (χ4v) is 5.65. The molecule has 0 N–H and O–H groups in total. The molecular weight excluding hydrogens is 792 g/mol. The first-order chi connectivity index (χ1) is 29.8. The van der Waals surface area contributed by atoms with Crippen molar-refractivity contribution in [2.75, 3.05) is 152 Å². The quantitative estimate of drug-likeness (QED) is 0.0443. The van der Waals surface area contributed by atoms with Crippen LogP contribution in [0.3, 0.4) is 0 Å². The molecule has 0 bridgehead atoms. The van der Waals surface area contributed by atoms with Gasteiger partial charge in [-0.25, -0.2) is 4.79 Å². The molecule has 0 aromatic carbocycles. The highest BCUT2D eigenvalue weighted by molar-refractivity contribution is 5.71. The molecule has 0 fully saturated rings. The van der Waals surface area contributed by atoms with E-state index < -0.39 is 5.60 Å². The van der Waals surface area contributed by atoms with Crippen LogP contribution in [0.15, 0.2) is 0 Å². The third kappa shape index (κ3) is 54.6. The van der Waals surface area contributed by atoms with E-state index >= 15 is 0 Å². The van der Waals surface area contributed by atoms with Crippen LogP contribution in [0.4, 0.5) is 0 Å². The van der Waals surface area contributed by atoms with Crippen molar-refractivity contribution in [1.82, 2.24) is 0 Å². The molecule has 364 valence electrons. The van der Waals surface area contributed by atoms with E-state index in [9.17, 15) is 9.59 Å². The van der Waals surface area contributed by atoms with Crippen molar-refractivity contribution in [3.63, 3.8) is 0 Å². The van der Waals surface area contributed by atoms with Crippen LogP contribution in [-0.2, 0) is 71.2 Å². The average Bonchev–Trinajstić information content (AvgIpc) is 3.23. The van der Waals surface area contributed by atoms with Gasteiger partial charge in [0.15, 0.2) is 0 Å². The van der Waals surface area contributed by atoms with E-state index in [4.69, 9.17) is 61.6 Å². The van der Waals surface area contributed by atoms with Crippen molar-refractivity contribution >= 4 is 11.9 Å². The lowest BCUT2D eigenvalue weighted by atomic mass is 10.0. The lowest BCUT2D eigenvalue weighted by Gasteiger charge is -2.19. The van der Waals surface area contributed by atoms with Crippen molar-refractivity contribution in [2.45, 2.75) is 136 Å². The van der Waals surface area contributed by atoms with Crippen molar-refractivity contribution in [3.05, 3.63) is 0 Å². The smallest absolute Gasteiger partial charge is 0.332 e. The number of ether oxygens (including phenoxy) is 13. The van der Waals surface area contributed by atoms with Crippen LogP contribution in [-0.4, -0.2) is 169 Å². The summed E-state index contributed by atoms with van der Waals surface area (Å²) in [7, 11) is 0. The summed E-state index contributed by atoms with van der Waals surface area (Å²) in [4.78, 5) is 23.4. The maximum absolute atomic E-state index is 11.9. The van der Waals surface area contributed by atoms with Gasteiger partial charge in [0, 0.05) is 6.42 Å². The van der Waals surface area contributed by atoms with Gasteiger partial charge in [-0.1, -0.05) is 96.8 Å². The third-order valence-corrected chi connectivity index (χ3v) is 8.84. The highest BCUT2D eigenvalue weighted by Crippen LogP contribution is 2.14. The molecule has 0 aromatic heterocycles. The van der Waals surface area contributed by atoms with Crippen molar-refractivity contribution in [2.24, 2.45) is 0 Å². The van der Waals surface area contributed by atoms with Gasteiger partial charge in [0.2, 0.25) is 0 Å². The Kier molecular flexibility index (Phi) is 48.3. The van der Waals surface area contributed by atoms with E-state index in [0.29, 0.717) is 145 Å². The Hall–Kier alpha value is -1.50. The molecule has 0 radical (unpaired) electrons. The molecule has 15 nitrogen and oxygen atoms in total. The Morgan fingerprint density at radius 1 is 0.311 bits per heavy atom. The van der Waals surface area contributed by atoms with Crippen LogP contribution in [0.25, 0.3) is 0 Å². The van der Waals surface area contributed by atoms with Crippen LogP contribution < -0.4 is 0 Å². The van der Waals surface area contributed by atoms with Gasteiger partial charge >= 0.3 is 11.9 Å². The van der Waals surface area contributed by atoms with Gasteiger partial charge in [-0.3, -0.25) is 4.79 Å². The van der Waals surface area contributed by atoms with Crippen LogP contribution in [0.2, 0.25) is 0 Å². The maximum Gasteiger partial charge on any atom is 0.332 e. The number of unbranched alkanes of at least 4 members (excludes halogenated alkanes) is 14. The molecule has 0 spiro atoms. The Morgan fingerprint density at radius 3 is 0.836 bits per heavy atom. The SMILES string of the molecule is CCCCCCCCCCCCCCCCCC(=O)OCCOCCOCCOCCOCCOCCOCCOCCOCCOCCOCCOCC(=O)OC(C)(C)C. The Bertz CT molecular complexity index is 890. The molecule has 0 unspecified atom stereocenters. The first-order valence-electron chi connectivity index (χ1n) is 23.6. The van der Waals surface area contributed by atoms with E-state index in [1.54, 1.807) is 0 Å². The van der Waals surface area contributed by atoms with Crippen molar-refractivity contribution < 1.29 is 71.2 Å². The largest absolute Gasteiger partial charge is 0.463 e. The topological polar surface area (TPSA) is 154 Å². The van der Waals surface area contributed by atoms with Gasteiger partial charge in [-0.15, -0.1) is 0 Å². The molecule has 0 amide bonds. The molecule has 0 aliphatic rings. The van der Waals surface area contributed by atoms with E-state index in [0.717, 1.165) is 12.8 Å². The molecule has 0 aliphatic heterocycles. The standard InChI is InChI=1S/C46H90O15/c1-5-6-7-8-9-10-11-12-13-14-15-16-17-18-19-20-44(47)60-42-41-58-38-37-56-34-33-54-30-29-52-26-25-50-22-21-49-23-24-51-27-28-53-31-32-55-35-36-57-39-40-59-43-45(48)61-46(2,3)4/h5-43H2,1-4H3.